The average Bonchev–Trinajstić information content (AvgIpc) is 3.22. The minimum Gasteiger partial charge on any atom is -0.459 e. The van der Waals surface area contributed by atoms with Gasteiger partial charge in [0.1, 0.15) is 0 Å². The number of piperazine rings is 1. The maximum absolute atomic E-state index is 12.6. The predicted molar refractivity (Wildman–Crippen MR) is 102 cm³/mol. The zero-order valence-electron chi connectivity index (χ0n) is 15.0. The number of furan rings is 1. The van der Waals surface area contributed by atoms with Gasteiger partial charge in [0.05, 0.1) is 18.0 Å². The van der Waals surface area contributed by atoms with E-state index in [1.165, 1.54) is 6.26 Å². The van der Waals surface area contributed by atoms with Gasteiger partial charge >= 0.3 is 0 Å². The van der Waals surface area contributed by atoms with E-state index in [0.717, 1.165) is 10.6 Å². The lowest BCUT2D eigenvalue weighted by Crippen LogP contribution is -2.54. The molecule has 0 spiro atoms. The first-order valence-corrected chi connectivity index (χ1v) is 9.83. The largest absolute Gasteiger partial charge is 0.459 e. The first kappa shape index (κ1) is 18.5. The fraction of sp³-hybridized carbons (Fsp3) is 0.368. The molecular weight excluding hydrogens is 350 g/mol. The zero-order valence-corrected chi connectivity index (χ0v) is 15.8. The Hall–Kier alpha value is -2.25. The average molecular weight is 373 g/mol. The quantitative estimate of drug-likeness (QED) is 0.817. The van der Waals surface area contributed by atoms with E-state index in [-0.39, 0.29) is 17.9 Å². The van der Waals surface area contributed by atoms with E-state index in [4.69, 9.17) is 4.42 Å². The first-order valence-electron chi connectivity index (χ1n) is 8.61. The number of nitrogens with one attached hydrogen (secondary N) is 1. The van der Waals surface area contributed by atoms with Crippen LogP contribution < -0.4 is 5.32 Å². The highest BCUT2D eigenvalue weighted by Crippen LogP contribution is 2.25. The Morgan fingerprint density at radius 2 is 1.85 bits per heavy atom. The number of nitrogens with zero attached hydrogens (tertiary/aromatic N) is 2. The van der Waals surface area contributed by atoms with Crippen molar-refractivity contribution in [2.24, 2.45) is 0 Å². The van der Waals surface area contributed by atoms with Crippen molar-refractivity contribution in [1.82, 2.24) is 9.80 Å². The number of carbonyl (C=O) groups excluding carboxylic acids is 2. The molecule has 26 heavy (non-hydrogen) atoms. The van der Waals surface area contributed by atoms with E-state index < -0.39 is 0 Å². The summed E-state index contributed by atoms with van der Waals surface area (Å²) in [7, 11) is 0. The lowest BCUT2D eigenvalue weighted by molar-refractivity contribution is -0.121. The summed E-state index contributed by atoms with van der Waals surface area (Å²) in [4.78, 5) is 29.8. The zero-order chi connectivity index (χ0) is 18.5. The highest BCUT2D eigenvalue weighted by atomic mass is 32.2. The third-order valence-electron chi connectivity index (χ3n) is 4.63. The van der Waals surface area contributed by atoms with Crippen LogP contribution in [0.2, 0.25) is 0 Å². The van der Waals surface area contributed by atoms with Crippen LogP contribution in [0.1, 0.15) is 17.5 Å². The molecule has 2 aromatic rings. The number of rotatable bonds is 5. The second-order valence-corrected chi connectivity index (χ2v) is 7.02. The summed E-state index contributed by atoms with van der Waals surface area (Å²) in [5.41, 5.74) is 0.837. The smallest absolute Gasteiger partial charge is 0.289 e. The van der Waals surface area contributed by atoms with Gasteiger partial charge in [0, 0.05) is 31.1 Å². The van der Waals surface area contributed by atoms with Crippen LogP contribution in [0.25, 0.3) is 0 Å². The van der Waals surface area contributed by atoms with E-state index >= 15 is 0 Å². The van der Waals surface area contributed by atoms with E-state index in [2.05, 4.69) is 10.2 Å². The molecule has 2 heterocycles. The van der Waals surface area contributed by atoms with Crippen LogP contribution in [0.15, 0.2) is 52.0 Å². The molecular formula is C19H23N3O3S. The van der Waals surface area contributed by atoms with Gasteiger partial charge in [-0.1, -0.05) is 12.1 Å². The lowest BCUT2D eigenvalue weighted by atomic mass is 10.2. The number of hydrogen-bond acceptors (Lipinski definition) is 5. The molecule has 1 N–H and O–H groups in total. The summed E-state index contributed by atoms with van der Waals surface area (Å²) in [6, 6.07) is 10.9. The molecule has 0 radical (unpaired) electrons. The number of anilines is 1. The normalized spacial score (nSPS) is 16.3. The van der Waals surface area contributed by atoms with Crippen molar-refractivity contribution in [2.75, 3.05) is 37.8 Å². The Morgan fingerprint density at radius 1 is 1.12 bits per heavy atom. The highest BCUT2D eigenvalue weighted by molar-refractivity contribution is 7.98. The molecule has 6 nitrogen and oxygen atoms in total. The summed E-state index contributed by atoms with van der Waals surface area (Å²) in [5.74, 6) is 0.232. The van der Waals surface area contributed by atoms with E-state index in [0.29, 0.717) is 31.9 Å². The minimum absolute atomic E-state index is 0.0303. The summed E-state index contributed by atoms with van der Waals surface area (Å²) in [6.45, 7) is 4.38. The van der Waals surface area contributed by atoms with Gasteiger partial charge in [0.25, 0.3) is 5.91 Å². The second-order valence-electron chi connectivity index (χ2n) is 6.17. The molecule has 1 aromatic heterocycles. The molecule has 1 unspecified atom stereocenters. The van der Waals surface area contributed by atoms with Crippen LogP contribution >= 0.6 is 11.8 Å². The van der Waals surface area contributed by atoms with Crippen molar-refractivity contribution in [3.8, 4) is 0 Å². The van der Waals surface area contributed by atoms with Crippen molar-refractivity contribution >= 4 is 29.3 Å². The Bertz CT molecular complexity index is 755. The van der Waals surface area contributed by atoms with Gasteiger partial charge in [-0.05, 0) is 37.4 Å². The molecule has 0 saturated carbocycles. The van der Waals surface area contributed by atoms with E-state index in [1.54, 1.807) is 28.8 Å². The number of amides is 2. The Balaban J connectivity index is 1.55. The number of benzene rings is 1. The highest BCUT2D eigenvalue weighted by Gasteiger charge is 2.28. The molecule has 3 rings (SSSR count). The first-order chi connectivity index (χ1) is 12.6. The summed E-state index contributed by atoms with van der Waals surface area (Å²) >= 11 is 1.61. The Kier molecular flexibility index (Phi) is 6.00. The number of para-hydroxylation sites is 1. The third kappa shape index (κ3) is 4.11. The van der Waals surface area contributed by atoms with E-state index in [9.17, 15) is 9.59 Å². The predicted octanol–water partition coefficient (Wildman–Crippen LogP) is 2.79. The number of thioether (sulfide) groups is 1. The maximum atomic E-state index is 12.6. The van der Waals surface area contributed by atoms with Gasteiger partial charge in [-0.2, -0.15) is 0 Å². The van der Waals surface area contributed by atoms with Gasteiger partial charge in [-0.25, -0.2) is 0 Å². The van der Waals surface area contributed by atoms with Gasteiger partial charge in [-0.15, -0.1) is 11.8 Å². The van der Waals surface area contributed by atoms with Gasteiger partial charge < -0.3 is 14.6 Å². The van der Waals surface area contributed by atoms with Crippen molar-refractivity contribution in [3.05, 3.63) is 48.4 Å². The number of carbonyl (C=O) groups is 2. The van der Waals surface area contributed by atoms with Crippen LogP contribution in [0.5, 0.6) is 0 Å². The lowest BCUT2D eigenvalue weighted by Gasteiger charge is -2.37. The molecule has 138 valence electrons. The van der Waals surface area contributed by atoms with Crippen molar-refractivity contribution < 1.29 is 14.0 Å². The van der Waals surface area contributed by atoms with Gasteiger partial charge in [0.2, 0.25) is 5.91 Å². The molecule has 2 amide bonds. The topological polar surface area (TPSA) is 65.8 Å². The maximum Gasteiger partial charge on any atom is 0.289 e. The standard InChI is InChI=1S/C19H23N3O3S/c1-14(18(23)20-15-6-3-4-8-17(15)26-2)21-9-11-22(12-10-21)19(24)16-7-5-13-25-16/h3-8,13-14H,9-12H2,1-2H3,(H,20,23). The third-order valence-corrected chi connectivity index (χ3v) is 5.42. The summed E-state index contributed by atoms with van der Waals surface area (Å²) in [6.07, 6.45) is 3.49. The van der Waals surface area contributed by atoms with Crippen LogP contribution in [0.3, 0.4) is 0 Å². The number of hydrogen-bond donors (Lipinski definition) is 1. The summed E-state index contributed by atoms with van der Waals surface area (Å²) < 4.78 is 5.18. The Morgan fingerprint density at radius 3 is 2.50 bits per heavy atom. The fourth-order valence-electron chi connectivity index (χ4n) is 3.02. The molecule has 1 saturated heterocycles. The van der Waals surface area contributed by atoms with Crippen molar-refractivity contribution in [2.45, 2.75) is 17.9 Å². The van der Waals surface area contributed by atoms with Gasteiger partial charge in [0.15, 0.2) is 5.76 Å². The van der Waals surface area contributed by atoms with Crippen LogP contribution in [0.4, 0.5) is 5.69 Å². The monoisotopic (exact) mass is 373 g/mol. The SMILES string of the molecule is CSc1ccccc1NC(=O)C(C)N1CCN(C(=O)c2ccco2)CC1. The molecule has 1 aliphatic heterocycles. The minimum atomic E-state index is -0.259. The van der Waals surface area contributed by atoms with Gasteiger partial charge in [-0.3, -0.25) is 14.5 Å². The summed E-state index contributed by atoms with van der Waals surface area (Å²) in [5, 5.41) is 3.02. The van der Waals surface area contributed by atoms with Crippen molar-refractivity contribution in [3.63, 3.8) is 0 Å². The van der Waals surface area contributed by atoms with Crippen LogP contribution in [-0.2, 0) is 4.79 Å². The molecule has 0 bridgehead atoms. The fourth-order valence-corrected chi connectivity index (χ4v) is 3.57. The Labute approximate surface area is 157 Å². The molecule has 1 aliphatic rings. The molecule has 1 fully saturated rings. The van der Waals surface area contributed by atoms with Crippen molar-refractivity contribution in [1.29, 1.82) is 0 Å². The van der Waals surface area contributed by atoms with Crippen LogP contribution in [-0.4, -0.2) is 60.1 Å². The van der Waals surface area contributed by atoms with Crippen LogP contribution in [0, 0.1) is 0 Å². The molecule has 0 aliphatic carbocycles. The molecule has 1 atom stereocenters. The molecule has 1 aromatic carbocycles. The second kappa shape index (κ2) is 8.42. The van der Waals surface area contributed by atoms with E-state index in [1.807, 2.05) is 37.4 Å². The molecule has 7 heteroatoms.